The molecule has 0 radical (unpaired) electrons. The fourth-order valence-corrected chi connectivity index (χ4v) is 5.52. The van der Waals surface area contributed by atoms with E-state index >= 15 is 0 Å². The number of pyridine rings is 1. The summed E-state index contributed by atoms with van der Waals surface area (Å²) in [6.07, 6.45) is 8.43. The largest absolute Gasteiger partial charge is 0.462 e. The molecule has 1 fully saturated rings. The van der Waals surface area contributed by atoms with E-state index < -0.39 is 16.0 Å². The van der Waals surface area contributed by atoms with E-state index in [0.717, 1.165) is 25.7 Å². The van der Waals surface area contributed by atoms with Gasteiger partial charge in [-0.2, -0.15) is 0 Å². The van der Waals surface area contributed by atoms with E-state index in [1.165, 1.54) is 22.8 Å². The first-order chi connectivity index (χ1) is 15.0. The molecule has 0 saturated heterocycles. The van der Waals surface area contributed by atoms with Gasteiger partial charge in [0.2, 0.25) is 10.0 Å². The Morgan fingerprint density at radius 3 is 2.61 bits per heavy atom. The van der Waals surface area contributed by atoms with Crippen LogP contribution in [0.3, 0.4) is 0 Å². The van der Waals surface area contributed by atoms with E-state index in [4.69, 9.17) is 4.74 Å². The maximum absolute atomic E-state index is 13.1. The zero-order chi connectivity index (χ0) is 21.8. The predicted molar refractivity (Wildman–Crippen MR) is 121 cm³/mol. The molecule has 2 aromatic heterocycles. The van der Waals surface area contributed by atoms with Gasteiger partial charge in [0.1, 0.15) is 5.56 Å². The van der Waals surface area contributed by atoms with Gasteiger partial charge >= 0.3 is 5.97 Å². The average Bonchev–Trinajstić information content (AvgIpc) is 3.21. The highest BCUT2D eigenvalue weighted by Crippen LogP contribution is 2.32. The van der Waals surface area contributed by atoms with Crippen molar-refractivity contribution >= 4 is 32.7 Å². The number of ether oxygens (including phenoxy) is 1. The SMILES string of the molecule is CCOC(=O)c1cnc2c(ccn2S(=O)(=O)Cc2ccccc2)c1NC1CCCCC1. The third-order valence-corrected chi connectivity index (χ3v) is 7.21. The van der Waals surface area contributed by atoms with E-state index in [1.807, 2.05) is 18.2 Å². The number of hydrogen-bond donors (Lipinski definition) is 1. The molecular weight excluding hydrogens is 414 g/mol. The highest BCUT2D eigenvalue weighted by Gasteiger charge is 2.25. The Balaban J connectivity index is 1.76. The summed E-state index contributed by atoms with van der Waals surface area (Å²) in [6.45, 7) is 2.01. The number of fused-ring (bicyclic) bond motifs is 1. The van der Waals surface area contributed by atoms with Crippen LogP contribution in [0.1, 0.15) is 54.9 Å². The minimum absolute atomic E-state index is 0.135. The van der Waals surface area contributed by atoms with Gasteiger partial charge in [-0.15, -0.1) is 0 Å². The van der Waals surface area contributed by atoms with Gasteiger partial charge in [-0.05, 0) is 31.4 Å². The first kappa shape index (κ1) is 21.4. The number of rotatable bonds is 7. The van der Waals surface area contributed by atoms with Crippen molar-refractivity contribution in [3.63, 3.8) is 0 Å². The van der Waals surface area contributed by atoms with Gasteiger partial charge in [0.05, 0.1) is 18.0 Å². The fourth-order valence-electron chi connectivity index (χ4n) is 4.11. The smallest absolute Gasteiger partial charge is 0.341 e. The van der Waals surface area contributed by atoms with Crippen LogP contribution in [0.15, 0.2) is 48.8 Å². The molecule has 0 spiro atoms. The Bertz CT molecular complexity index is 1170. The predicted octanol–water partition coefficient (Wildman–Crippen LogP) is 4.34. The number of esters is 1. The first-order valence-corrected chi connectivity index (χ1v) is 12.3. The molecule has 1 N–H and O–H groups in total. The second-order valence-electron chi connectivity index (χ2n) is 7.84. The highest BCUT2D eigenvalue weighted by atomic mass is 32.2. The number of aromatic nitrogens is 2. The van der Waals surface area contributed by atoms with Crippen LogP contribution in [0.25, 0.3) is 11.0 Å². The van der Waals surface area contributed by atoms with Crippen LogP contribution in [0.4, 0.5) is 5.69 Å². The lowest BCUT2D eigenvalue weighted by Gasteiger charge is -2.25. The number of anilines is 1. The molecule has 1 aliphatic rings. The van der Waals surface area contributed by atoms with E-state index in [1.54, 1.807) is 25.1 Å². The molecule has 0 unspecified atom stereocenters. The Kier molecular flexibility index (Phi) is 6.27. The molecule has 0 bridgehead atoms. The summed E-state index contributed by atoms with van der Waals surface area (Å²) in [5.74, 6) is -0.597. The van der Waals surface area contributed by atoms with Crippen molar-refractivity contribution in [3.8, 4) is 0 Å². The van der Waals surface area contributed by atoms with Crippen LogP contribution in [0.5, 0.6) is 0 Å². The van der Waals surface area contributed by atoms with Gasteiger partial charge in [-0.25, -0.2) is 22.2 Å². The Labute approximate surface area is 182 Å². The lowest BCUT2D eigenvalue weighted by atomic mass is 9.95. The van der Waals surface area contributed by atoms with E-state index in [9.17, 15) is 13.2 Å². The zero-order valence-electron chi connectivity index (χ0n) is 17.6. The normalized spacial score (nSPS) is 15.1. The van der Waals surface area contributed by atoms with Gasteiger partial charge in [0.25, 0.3) is 0 Å². The van der Waals surface area contributed by atoms with E-state index in [0.29, 0.717) is 27.8 Å². The molecule has 3 aromatic rings. The topological polar surface area (TPSA) is 90.3 Å². The average molecular weight is 442 g/mol. The number of nitrogens with one attached hydrogen (secondary N) is 1. The standard InChI is InChI=1S/C23H27N3O4S/c1-2-30-23(27)20-15-24-22-19(21(20)25-18-11-7-4-8-12-18)13-14-26(22)31(28,29)16-17-9-5-3-6-10-17/h3,5-6,9-10,13-15,18H,2,4,7-8,11-12,16H2,1H3,(H,24,25). The molecule has 8 heteroatoms. The number of benzene rings is 1. The van der Waals surface area contributed by atoms with Crippen molar-refractivity contribution in [2.75, 3.05) is 11.9 Å². The summed E-state index contributed by atoms with van der Waals surface area (Å²) in [6, 6.07) is 11.0. The summed E-state index contributed by atoms with van der Waals surface area (Å²) in [7, 11) is -3.68. The molecule has 2 heterocycles. The van der Waals surface area contributed by atoms with Crippen molar-refractivity contribution in [1.29, 1.82) is 0 Å². The van der Waals surface area contributed by atoms with Crippen molar-refractivity contribution in [2.24, 2.45) is 0 Å². The quantitative estimate of drug-likeness (QED) is 0.549. The zero-order valence-corrected chi connectivity index (χ0v) is 18.4. The Hall–Kier alpha value is -2.87. The minimum atomic E-state index is -3.68. The summed E-state index contributed by atoms with van der Waals surface area (Å²) in [5, 5.41) is 4.10. The van der Waals surface area contributed by atoms with Crippen molar-refractivity contribution in [3.05, 3.63) is 59.9 Å². The Morgan fingerprint density at radius 1 is 1.16 bits per heavy atom. The van der Waals surface area contributed by atoms with Gasteiger partial charge in [-0.1, -0.05) is 49.6 Å². The molecule has 0 aliphatic heterocycles. The molecule has 164 valence electrons. The molecule has 1 aliphatic carbocycles. The van der Waals surface area contributed by atoms with Gasteiger partial charge in [-0.3, -0.25) is 0 Å². The maximum atomic E-state index is 13.1. The van der Waals surface area contributed by atoms with Gasteiger partial charge < -0.3 is 10.1 Å². The maximum Gasteiger partial charge on any atom is 0.341 e. The first-order valence-electron chi connectivity index (χ1n) is 10.7. The van der Waals surface area contributed by atoms with Crippen LogP contribution in [-0.4, -0.2) is 36.0 Å². The molecule has 7 nitrogen and oxygen atoms in total. The van der Waals surface area contributed by atoms with Crippen LogP contribution < -0.4 is 5.32 Å². The molecular formula is C23H27N3O4S. The van der Waals surface area contributed by atoms with Crippen molar-refractivity contribution in [1.82, 2.24) is 8.96 Å². The fraction of sp³-hybridized carbons (Fsp3) is 0.391. The summed E-state index contributed by atoms with van der Waals surface area (Å²) in [4.78, 5) is 16.9. The number of hydrogen-bond acceptors (Lipinski definition) is 6. The second-order valence-corrected chi connectivity index (χ2v) is 9.68. The van der Waals surface area contributed by atoms with E-state index in [2.05, 4.69) is 10.3 Å². The molecule has 0 amide bonds. The molecule has 1 aromatic carbocycles. The number of carbonyl (C=O) groups is 1. The molecule has 0 atom stereocenters. The Morgan fingerprint density at radius 2 is 1.90 bits per heavy atom. The number of carbonyl (C=O) groups excluding carboxylic acids is 1. The lowest BCUT2D eigenvalue weighted by Crippen LogP contribution is -2.24. The number of nitrogens with zero attached hydrogens (tertiary/aromatic N) is 2. The molecule has 4 rings (SSSR count). The highest BCUT2D eigenvalue weighted by molar-refractivity contribution is 7.89. The monoisotopic (exact) mass is 441 g/mol. The minimum Gasteiger partial charge on any atom is -0.462 e. The third-order valence-electron chi connectivity index (χ3n) is 5.62. The summed E-state index contributed by atoms with van der Waals surface area (Å²) in [5.41, 5.74) is 1.94. The second kappa shape index (κ2) is 9.09. The third kappa shape index (κ3) is 4.58. The van der Waals surface area contributed by atoms with Crippen LogP contribution >= 0.6 is 0 Å². The molecule has 31 heavy (non-hydrogen) atoms. The van der Waals surface area contributed by atoms with Crippen molar-refractivity contribution in [2.45, 2.75) is 50.8 Å². The van der Waals surface area contributed by atoms with Gasteiger partial charge in [0, 0.05) is 23.8 Å². The van der Waals surface area contributed by atoms with Gasteiger partial charge in [0.15, 0.2) is 5.65 Å². The lowest BCUT2D eigenvalue weighted by molar-refractivity contribution is 0.0527. The van der Waals surface area contributed by atoms with Crippen LogP contribution in [-0.2, 0) is 20.5 Å². The van der Waals surface area contributed by atoms with Crippen LogP contribution in [0, 0.1) is 0 Å². The van der Waals surface area contributed by atoms with Crippen molar-refractivity contribution < 1.29 is 17.9 Å². The summed E-state index contributed by atoms with van der Waals surface area (Å²) < 4.78 is 32.6. The summed E-state index contributed by atoms with van der Waals surface area (Å²) >= 11 is 0. The van der Waals surface area contributed by atoms with E-state index in [-0.39, 0.29) is 18.4 Å². The molecule has 1 saturated carbocycles. The van der Waals surface area contributed by atoms with Crippen LogP contribution in [0.2, 0.25) is 0 Å².